The first-order valence-corrected chi connectivity index (χ1v) is 10.4. The monoisotopic (exact) mass is 416 g/mol. The predicted octanol–water partition coefficient (Wildman–Crippen LogP) is 2.46. The van der Waals surface area contributed by atoms with Crippen molar-refractivity contribution in [2.45, 2.75) is 37.3 Å². The fourth-order valence-electron chi connectivity index (χ4n) is 3.82. The third-order valence-corrected chi connectivity index (χ3v) is 5.80. The van der Waals surface area contributed by atoms with Gasteiger partial charge in [-0.3, -0.25) is 4.79 Å². The van der Waals surface area contributed by atoms with Gasteiger partial charge in [-0.25, -0.2) is 19.9 Å². The smallest absolute Gasteiger partial charge is 0.271 e. The van der Waals surface area contributed by atoms with Crippen LogP contribution in [0.1, 0.15) is 36.2 Å². The number of nitrogens with zero attached hydrogens (tertiary/aromatic N) is 4. The molecule has 2 fully saturated rings. The Labute approximate surface area is 179 Å². The number of benzene rings is 1. The lowest BCUT2D eigenvalue weighted by Crippen LogP contribution is -2.44. The number of nitrogens with one attached hydrogen (secondary N) is 2. The Morgan fingerprint density at radius 1 is 1.13 bits per heavy atom. The second-order valence-electron chi connectivity index (χ2n) is 8.29. The molecule has 9 nitrogen and oxygen atoms in total. The summed E-state index contributed by atoms with van der Waals surface area (Å²) < 4.78 is 0. The normalized spacial score (nSPS) is 17.6. The van der Waals surface area contributed by atoms with Crippen LogP contribution in [0.25, 0.3) is 11.4 Å². The van der Waals surface area contributed by atoms with Crippen molar-refractivity contribution < 1.29 is 4.79 Å². The van der Waals surface area contributed by atoms with E-state index in [-0.39, 0.29) is 17.3 Å². The fourth-order valence-corrected chi connectivity index (χ4v) is 3.82. The van der Waals surface area contributed by atoms with Crippen LogP contribution >= 0.6 is 0 Å². The Morgan fingerprint density at radius 2 is 1.90 bits per heavy atom. The van der Waals surface area contributed by atoms with Crippen LogP contribution in [-0.2, 0) is 0 Å². The van der Waals surface area contributed by atoms with E-state index >= 15 is 0 Å². The summed E-state index contributed by atoms with van der Waals surface area (Å²) >= 11 is 0. The average molecular weight is 416 g/mol. The van der Waals surface area contributed by atoms with E-state index in [1.807, 2.05) is 24.3 Å². The molecule has 0 spiro atoms. The fraction of sp³-hybridized carbons (Fsp3) is 0.318. The van der Waals surface area contributed by atoms with Gasteiger partial charge >= 0.3 is 0 Å². The van der Waals surface area contributed by atoms with Gasteiger partial charge in [0.25, 0.3) is 5.91 Å². The SMILES string of the molecule is NC(=O)c1ncc(NC(C2CC2)C2(N)CC2)nc1Nc1cccc(-c2ncccn2)c1. The molecule has 1 atom stereocenters. The molecule has 2 aromatic heterocycles. The number of primary amides is 1. The number of amides is 1. The number of carbonyl (C=O) groups excluding carboxylic acids is 1. The van der Waals surface area contributed by atoms with Crippen LogP contribution in [0.15, 0.2) is 48.9 Å². The van der Waals surface area contributed by atoms with Crippen molar-refractivity contribution in [2.24, 2.45) is 17.4 Å². The van der Waals surface area contributed by atoms with Crippen molar-refractivity contribution >= 4 is 23.2 Å². The lowest BCUT2D eigenvalue weighted by atomic mass is 10.0. The Bertz CT molecular complexity index is 1110. The summed E-state index contributed by atoms with van der Waals surface area (Å²) in [5.41, 5.74) is 13.5. The summed E-state index contributed by atoms with van der Waals surface area (Å²) in [6, 6.07) is 9.46. The summed E-state index contributed by atoms with van der Waals surface area (Å²) in [5.74, 6) is 1.38. The number of hydrogen-bond donors (Lipinski definition) is 4. The molecule has 5 rings (SSSR count). The van der Waals surface area contributed by atoms with E-state index < -0.39 is 5.91 Å². The van der Waals surface area contributed by atoms with Crippen LogP contribution < -0.4 is 22.1 Å². The van der Waals surface area contributed by atoms with Crippen molar-refractivity contribution in [3.05, 3.63) is 54.6 Å². The van der Waals surface area contributed by atoms with Crippen molar-refractivity contribution in [1.82, 2.24) is 19.9 Å². The maximum atomic E-state index is 11.9. The van der Waals surface area contributed by atoms with Gasteiger partial charge in [0.2, 0.25) is 0 Å². The molecule has 2 saturated carbocycles. The van der Waals surface area contributed by atoms with E-state index in [1.165, 1.54) is 12.8 Å². The molecule has 0 radical (unpaired) electrons. The highest BCUT2D eigenvalue weighted by Gasteiger charge is 2.51. The quantitative estimate of drug-likeness (QED) is 0.438. The van der Waals surface area contributed by atoms with Crippen LogP contribution in [0.5, 0.6) is 0 Å². The van der Waals surface area contributed by atoms with E-state index in [9.17, 15) is 4.79 Å². The molecule has 0 saturated heterocycles. The van der Waals surface area contributed by atoms with Gasteiger partial charge in [-0.2, -0.15) is 0 Å². The van der Waals surface area contributed by atoms with Crippen LogP contribution in [0, 0.1) is 5.92 Å². The van der Waals surface area contributed by atoms with Gasteiger partial charge in [0.05, 0.1) is 6.20 Å². The van der Waals surface area contributed by atoms with Gasteiger partial charge in [0.15, 0.2) is 17.3 Å². The Balaban J connectivity index is 1.43. The lowest BCUT2D eigenvalue weighted by Gasteiger charge is -2.25. The minimum atomic E-state index is -0.652. The second-order valence-corrected chi connectivity index (χ2v) is 8.29. The molecule has 2 aliphatic rings. The molecule has 1 amide bonds. The Morgan fingerprint density at radius 3 is 2.58 bits per heavy atom. The summed E-state index contributed by atoms with van der Waals surface area (Å²) in [6.07, 6.45) is 9.27. The van der Waals surface area contributed by atoms with E-state index in [4.69, 9.17) is 11.5 Å². The number of hydrogen-bond acceptors (Lipinski definition) is 8. The first-order valence-electron chi connectivity index (χ1n) is 10.4. The molecule has 6 N–H and O–H groups in total. The number of nitrogens with two attached hydrogens (primary N) is 2. The molecular formula is C22H24N8O. The zero-order valence-corrected chi connectivity index (χ0v) is 17.0. The zero-order chi connectivity index (χ0) is 21.4. The maximum absolute atomic E-state index is 11.9. The van der Waals surface area contributed by atoms with Gasteiger partial charge in [-0.05, 0) is 49.8 Å². The number of aromatic nitrogens is 4. The van der Waals surface area contributed by atoms with E-state index in [2.05, 4.69) is 30.6 Å². The lowest BCUT2D eigenvalue weighted by molar-refractivity contribution is 0.0996. The molecule has 0 aliphatic heterocycles. The Hall–Kier alpha value is -3.59. The van der Waals surface area contributed by atoms with Gasteiger partial charge in [0.1, 0.15) is 5.82 Å². The number of rotatable bonds is 8. The Kier molecular flexibility index (Phi) is 4.74. The van der Waals surface area contributed by atoms with Crippen LogP contribution in [0.2, 0.25) is 0 Å². The minimum Gasteiger partial charge on any atom is -0.364 e. The maximum Gasteiger partial charge on any atom is 0.271 e. The van der Waals surface area contributed by atoms with Gasteiger partial charge in [-0.1, -0.05) is 12.1 Å². The molecule has 3 aromatic rings. The highest BCUT2D eigenvalue weighted by atomic mass is 16.1. The molecular weight excluding hydrogens is 392 g/mol. The largest absolute Gasteiger partial charge is 0.364 e. The molecule has 2 aliphatic carbocycles. The van der Waals surface area contributed by atoms with Crippen LogP contribution in [0.4, 0.5) is 17.3 Å². The predicted molar refractivity (Wildman–Crippen MR) is 118 cm³/mol. The van der Waals surface area contributed by atoms with Gasteiger partial charge < -0.3 is 22.1 Å². The zero-order valence-electron chi connectivity index (χ0n) is 17.0. The molecule has 0 bridgehead atoms. The summed E-state index contributed by atoms with van der Waals surface area (Å²) in [7, 11) is 0. The molecule has 31 heavy (non-hydrogen) atoms. The summed E-state index contributed by atoms with van der Waals surface area (Å²) in [5, 5.41) is 6.64. The topological polar surface area (TPSA) is 145 Å². The van der Waals surface area contributed by atoms with E-state index in [0.29, 0.717) is 23.4 Å². The second kappa shape index (κ2) is 7.59. The highest BCUT2D eigenvalue weighted by Crippen LogP contribution is 2.47. The van der Waals surface area contributed by atoms with Gasteiger partial charge in [-0.15, -0.1) is 0 Å². The molecule has 1 aromatic carbocycles. The minimum absolute atomic E-state index is 0.0729. The average Bonchev–Trinajstić information content (AvgIpc) is 3.70. The van der Waals surface area contributed by atoms with Crippen molar-refractivity contribution in [3.63, 3.8) is 0 Å². The molecule has 1 unspecified atom stereocenters. The number of carbonyl (C=O) groups is 1. The molecule has 2 heterocycles. The van der Waals surface area contributed by atoms with Crippen LogP contribution in [-0.4, -0.2) is 37.4 Å². The summed E-state index contributed by atoms with van der Waals surface area (Å²) in [6.45, 7) is 0. The van der Waals surface area contributed by atoms with E-state index in [1.54, 1.807) is 24.7 Å². The van der Waals surface area contributed by atoms with Crippen molar-refractivity contribution in [2.75, 3.05) is 10.6 Å². The highest BCUT2D eigenvalue weighted by molar-refractivity contribution is 5.96. The van der Waals surface area contributed by atoms with Crippen molar-refractivity contribution in [3.8, 4) is 11.4 Å². The third-order valence-electron chi connectivity index (χ3n) is 5.80. The molecule has 158 valence electrons. The van der Waals surface area contributed by atoms with Crippen LogP contribution in [0.3, 0.4) is 0 Å². The van der Waals surface area contributed by atoms with Crippen molar-refractivity contribution in [1.29, 1.82) is 0 Å². The standard InChI is InChI=1S/C22H24N8O/c23-19(31)17-21(28-15-4-1-3-14(11-15)20-25-9-2-10-26-20)30-16(12-27-17)29-18(13-5-6-13)22(24)7-8-22/h1-4,9-13,18H,5-8,24H2,(H2,23,31)(H2,28,29,30). The first kappa shape index (κ1) is 19.4. The third kappa shape index (κ3) is 4.17. The van der Waals surface area contributed by atoms with Gasteiger partial charge in [0, 0.05) is 35.2 Å². The first-order chi connectivity index (χ1) is 15.0. The number of anilines is 3. The summed E-state index contributed by atoms with van der Waals surface area (Å²) in [4.78, 5) is 29.4. The van der Waals surface area contributed by atoms with E-state index in [0.717, 1.165) is 24.1 Å². The molecule has 9 heteroatoms.